The van der Waals surface area contributed by atoms with Crippen molar-refractivity contribution in [1.82, 2.24) is 4.90 Å². The van der Waals surface area contributed by atoms with Crippen LogP contribution >= 0.6 is 0 Å². The van der Waals surface area contributed by atoms with Crippen LogP contribution in [0.1, 0.15) is 59.3 Å². The highest BCUT2D eigenvalue weighted by Gasteiger charge is 2.26. The van der Waals surface area contributed by atoms with Crippen LogP contribution in [-0.2, 0) is 4.79 Å². The molecule has 0 bridgehead atoms. The fraction of sp³-hybridized carbons (Fsp3) is 0.938. The summed E-state index contributed by atoms with van der Waals surface area (Å²) in [5.41, 5.74) is 5.80. The van der Waals surface area contributed by atoms with E-state index < -0.39 is 0 Å². The molecule has 1 saturated carbocycles. The van der Waals surface area contributed by atoms with Gasteiger partial charge in [0.15, 0.2) is 0 Å². The number of nitrogens with two attached hydrogens (primary N) is 1. The smallest absolute Gasteiger partial charge is 0.222 e. The van der Waals surface area contributed by atoms with Gasteiger partial charge >= 0.3 is 0 Å². The summed E-state index contributed by atoms with van der Waals surface area (Å²) in [7, 11) is 1.98. The Kier molecular flexibility index (Phi) is 6.84. The Balaban J connectivity index is 2.46. The maximum Gasteiger partial charge on any atom is 0.222 e. The van der Waals surface area contributed by atoms with Crippen LogP contribution in [0.2, 0.25) is 0 Å². The summed E-state index contributed by atoms with van der Waals surface area (Å²) in [5, 5.41) is 0. The molecular weight excluding hydrogens is 236 g/mol. The van der Waals surface area contributed by atoms with Crippen molar-refractivity contribution in [3.63, 3.8) is 0 Å². The van der Waals surface area contributed by atoms with Gasteiger partial charge in [-0.2, -0.15) is 0 Å². The predicted octanol–water partition coefficient (Wildman–Crippen LogP) is 3.03. The van der Waals surface area contributed by atoms with Crippen molar-refractivity contribution >= 4 is 5.91 Å². The van der Waals surface area contributed by atoms with Crippen LogP contribution in [0, 0.1) is 17.8 Å². The van der Waals surface area contributed by atoms with E-state index in [0.717, 1.165) is 12.3 Å². The molecule has 0 radical (unpaired) electrons. The molecule has 0 aliphatic heterocycles. The Hall–Kier alpha value is -0.570. The van der Waals surface area contributed by atoms with Gasteiger partial charge in [-0.1, -0.05) is 33.6 Å². The van der Waals surface area contributed by atoms with Crippen molar-refractivity contribution in [2.24, 2.45) is 23.5 Å². The first-order valence-corrected chi connectivity index (χ1v) is 7.89. The average Bonchev–Trinajstić information content (AvgIpc) is 2.36. The first-order valence-electron chi connectivity index (χ1n) is 7.89. The minimum Gasteiger partial charge on any atom is -0.343 e. The van der Waals surface area contributed by atoms with E-state index in [0.29, 0.717) is 30.8 Å². The van der Waals surface area contributed by atoms with Gasteiger partial charge in [0, 0.05) is 19.5 Å². The molecule has 2 unspecified atom stereocenters. The maximum absolute atomic E-state index is 12.4. The Morgan fingerprint density at radius 3 is 2.58 bits per heavy atom. The molecule has 19 heavy (non-hydrogen) atoms. The first kappa shape index (κ1) is 16.5. The highest BCUT2D eigenvalue weighted by Crippen LogP contribution is 2.27. The molecule has 0 heterocycles. The van der Waals surface area contributed by atoms with E-state index in [1.165, 1.54) is 25.7 Å². The molecule has 2 N–H and O–H groups in total. The maximum atomic E-state index is 12.4. The first-order chi connectivity index (χ1) is 8.93. The van der Waals surface area contributed by atoms with Gasteiger partial charge in [0.1, 0.15) is 0 Å². The van der Waals surface area contributed by atoms with Crippen LogP contribution in [-0.4, -0.2) is 30.4 Å². The molecule has 1 fully saturated rings. The molecule has 3 heteroatoms. The lowest BCUT2D eigenvalue weighted by atomic mass is 9.86. The van der Waals surface area contributed by atoms with Gasteiger partial charge in [-0.3, -0.25) is 4.79 Å². The van der Waals surface area contributed by atoms with E-state index in [1.807, 2.05) is 11.9 Å². The van der Waals surface area contributed by atoms with E-state index >= 15 is 0 Å². The summed E-state index contributed by atoms with van der Waals surface area (Å²) in [6, 6.07) is 0.453. The monoisotopic (exact) mass is 268 g/mol. The fourth-order valence-corrected chi connectivity index (χ4v) is 3.28. The Bertz CT molecular complexity index is 278. The van der Waals surface area contributed by atoms with Crippen LogP contribution in [0.15, 0.2) is 0 Å². The number of hydrogen-bond acceptors (Lipinski definition) is 2. The van der Waals surface area contributed by atoms with E-state index in [9.17, 15) is 4.79 Å². The van der Waals surface area contributed by atoms with Crippen molar-refractivity contribution in [2.75, 3.05) is 13.6 Å². The van der Waals surface area contributed by atoms with Gasteiger partial charge in [-0.25, -0.2) is 0 Å². The van der Waals surface area contributed by atoms with Crippen molar-refractivity contribution in [2.45, 2.75) is 65.3 Å². The molecule has 0 aromatic carbocycles. The second-order valence-corrected chi connectivity index (χ2v) is 6.87. The van der Waals surface area contributed by atoms with Gasteiger partial charge in [0.2, 0.25) is 5.91 Å². The minimum absolute atomic E-state index is 0.287. The lowest BCUT2D eigenvalue weighted by Gasteiger charge is -2.35. The highest BCUT2D eigenvalue weighted by molar-refractivity contribution is 5.76. The molecule has 3 atom stereocenters. The van der Waals surface area contributed by atoms with Crippen LogP contribution < -0.4 is 5.73 Å². The summed E-state index contributed by atoms with van der Waals surface area (Å²) in [5.74, 6) is 2.00. The largest absolute Gasteiger partial charge is 0.343 e. The van der Waals surface area contributed by atoms with Gasteiger partial charge in [0.25, 0.3) is 0 Å². The zero-order valence-electron chi connectivity index (χ0n) is 13.2. The number of carbonyl (C=O) groups is 1. The van der Waals surface area contributed by atoms with Crippen molar-refractivity contribution in [1.29, 1.82) is 0 Å². The number of amides is 1. The number of carbonyl (C=O) groups excluding carboxylic acids is 1. The molecule has 0 saturated heterocycles. The molecule has 1 aliphatic carbocycles. The Morgan fingerprint density at radius 1 is 1.37 bits per heavy atom. The van der Waals surface area contributed by atoms with Gasteiger partial charge in [-0.15, -0.1) is 0 Å². The minimum atomic E-state index is 0.287. The molecule has 1 amide bonds. The Morgan fingerprint density at radius 2 is 2.05 bits per heavy atom. The molecule has 0 spiro atoms. The quantitative estimate of drug-likeness (QED) is 0.805. The van der Waals surface area contributed by atoms with Gasteiger partial charge in [0.05, 0.1) is 0 Å². The van der Waals surface area contributed by atoms with Crippen molar-refractivity contribution in [3.8, 4) is 0 Å². The average molecular weight is 268 g/mol. The normalized spacial score (nSPS) is 25.4. The summed E-state index contributed by atoms with van der Waals surface area (Å²) >= 11 is 0. The van der Waals surface area contributed by atoms with Gasteiger partial charge in [-0.05, 0) is 43.6 Å². The molecule has 1 rings (SSSR count). The van der Waals surface area contributed by atoms with Crippen LogP contribution in [0.5, 0.6) is 0 Å². The summed E-state index contributed by atoms with van der Waals surface area (Å²) in [4.78, 5) is 14.4. The molecule has 1 aliphatic rings. The molecule has 3 nitrogen and oxygen atoms in total. The van der Waals surface area contributed by atoms with Crippen molar-refractivity contribution in [3.05, 3.63) is 0 Å². The van der Waals surface area contributed by atoms with E-state index in [1.54, 1.807) is 0 Å². The van der Waals surface area contributed by atoms with E-state index in [4.69, 9.17) is 5.73 Å². The molecular formula is C16H32N2O. The third-order valence-electron chi connectivity index (χ3n) is 4.45. The third-order valence-corrected chi connectivity index (χ3v) is 4.45. The summed E-state index contributed by atoms with van der Waals surface area (Å²) < 4.78 is 0. The summed E-state index contributed by atoms with van der Waals surface area (Å²) in [6.45, 7) is 7.31. The van der Waals surface area contributed by atoms with Gasteiger partial charge < -0.3 is 10.6 Å². The van der Waals surface area contributed by atoms with Crippen LogP contribution in [0.3, 0.4) is 0 Å². The Labute approximate surface area is 118 Å². The number of rotatable bonds is 6. The van der Waals surface area contributed by atoms with E-state index in [-0.39, 0.29) is 5.91 Å². The third kappa shape index (κ3) is 5.52. The zero-order chi connectivity index (χ0) is 14.4. The van der Waals surface area contributed by atoms with Crippen LogP contribution in [0.25, 0.3) is 0 Å². The van der Waals surface area contributed by atoms with Crippen LogP contribution in [0.4, 0.5) is 0 Å². The molecule has 112 valence electrons. The highest BCUT2D eigenvalue weighted by atomic mass is 16.2. The molecule has 0 aromatic rings. The van der Waals surface area contributed by atoms with E-state index in [2.05, 4.69) is 20.8 Å². The number of hydrogen-bond donors (Lipinski definition) is 1. The second-order valence-electron chi connectivity index (χ2n) is 6.87. The fourth-order valence-electron chi connectivity index (χ4n) is 3.28. The topological polar surface area (TPSA) is 46.3 Å². The lowest BCUT2D eigenvalue weighted by Crippen LogP contribution is -2.41. The predicted molar refractivity (Wildman–Crippen MR) is 80.8 cm³/mol. The molecule has 0 aromatic heterocycles. The summed E-state index contributed by atoms with van der Waals surface area (Å²) in [6.07, 6.45) is 6.59. The van der Waals surface area contributed by atoms with Crippen molar-refractivity contribution < 1.29 is 4.79 Å². The number of nitrogens with zero attached hydrogens (tertiary/aromatic N) is 1. The lowest BCUT2D eigenvalue weighted by molar-refractivity contribution is -0.133. The second kappa shape index (κ2) is 7.88. The SMILES string of the molecule is CC(C)C[C@H](CN)CC(=O)N(C)C1CCCC(C)C1. The zero-order valence-corrected chi connectivity index (χ0v) is 13.2. The standard InChI is InChI=1S/C16H32N2O/c1-12(2)8-14(11-17)10-16(19)18(4)15-7-5-6-13(3)9-15/h12-15H,5-11,17H2,1-4H3/t13?,14-,15?/m0/s1.